The number of carbonyl (C=O) groups excluding carboxylic acids is 1. The van der Waals surface area contributed by atoms with Gasteiger partial charge in [0.2, 0.25) is 11.8 Å². The Bertz CT molecular complexity index is 782. The average Bonchev–Trinajstić information content (AvgIpc) is 3.15. The molecule has 1 aromatic carbocycles. The lowest BCUT2D eigenvalue weighted by Gasteiger charge is -2.41. The Morgan fingerprint density at radius 3 is 2.92 bits per heavy atom. The van der Waals surface area contributed by atoms with Crippen molar-refractivity contribution in [2.24, 2.45) is 11.8 Å². The van der Waals surface area contributed by atoms with Crippen LogP contribution in [-0.4, -0.2) is 39.8 Å². The van der Waals surface area contributed by atoms with E-state index in [-0.39, 0.29) is 5.91 Å². The van der Waals surface area contributed by atoms with Crippen molar-refractivity contribution in [1.29, 1.82) is 0 Å². The van der Waals surface area contributed by atoms with E-state index < -0.39 is 0 Å². The van der Waals surface area contributed by atoms with Gasteiger partial charge in [0.05, 0.1) is 5.75 Å². The number of halogens is 1. The number of nitrogens with zero attached hydrogens (tertiary/aromatic N) is 3. The summed E-state index contributed by atoms with van der Waals surface area (Å²) >= 11 is 7.30. The van der Waals surface area contributed by atoms with Crippen LogP contribution in [0.3, 0.4) is 0 Å². The van der Waals surface area contributed by atoms with E-state index in [1.54, 1.807) is 12.1 Å². The van der Waals surface area contributed by atoms with Gasteiger partial charge < -0.3 is 9.32 Å². The number of piperidine rings is 1. The SMILES string of the molecule is O=C(CSc1nnc(-c2cccc(Cl)c2)o1)N1CC[C@@H]2CCCC[C@@H]2C1. The van der Waals surface area contributed by atoms with Crippen molar-refractivity contribution >= 4 is 29.3 Å². The Labute approximate surface area is 162 Å². The number of rotatable bonds is 4. The minimum Gasteiger partial charge on any atom is -0.411 e. The predicted molar refractivity (Wildman–Crippen MR) is 102 cm³/mol. The summed E-state index contributed by atoms with van der Waals surface area (Å²) in [5, 5.41) is 9.13. The van der Waals surface area contributed by atoms with Crippen molar-refractivity contribution in [3.05, 3.63) is 29.3 Å². The number of hydrogen-bond donors (Lipinski definition) is 0. The molecule has 0 radical (unpaired) electrons. The summed E-state index contributed by atoms with van der Waals surface area (Å²) in [6.07, 6.45) is 6.44. The number of amides is 1. The molecule has 7 heteroatoms. The van der Waals surface area contributed by atoms with Crippen molar-refractivity contribution in [2.75, 3.05) is 18.8 Å². The molecule has 1 aliphatic carbocycles. The second-order valence-electron chi connectivity index (χ2n) is 7.11. The maximum absolute atomic E-state index is 12.6. The summed E-state index contributed by atoms with van der Waals surface area (Å²) in [4.78, 5) is 14.6. The third-order valence-corrected chi connectivity index (χ3v) is 6.48. The number of hydrogen-bond acceptors (Lipinski definition) is 5. The monoisotopic (exact) mass is 391 g/mol. The van der Waals surface area contributed by atoms with Gasteiger partial charge in [-0.1, -0.05) is 48.7 Å². The van der Waals surface area contributed by atoms with Gasteiger partial charge in [-0.25, -0.2) is 0 Å². The Kier molecular flexibility index (Phi) is 5.50. The van der Waals surface area contributed by atoms with E-state index >= 15 is 0 Å². The zero-order valence-corrected chi connectivity index (χ0v) is 16.1. The Balaban J connectivity index is 1.32. The quantitative estimate of drug-likeness (QED) is 0.717. The maximum atomic E-state index is 12.6. The summed E-state index contributed by atoms with van der Waals surface area (Å²) in [5.74, 6) is 2.46. The Morgan fingerprint density at radius 1 is 1.23 bits per heavy atom. The number of carbonyl (C=O) groups is 1. The molecule has 1 saturated carbocycles. The largest absolute Gasteiger partial charge is 0.411 e. The normalized spacial score (nSPS) is 22.9. The van der Waals surface area contributed by atoms with Crippen LogP contribution in [0.1, 0.15) is 32.1 Å². The molecule has 0 unspecified atom stereocenters. The molecule has 2 aromatic rings. The molecule has 138 valence electrons. The Morgan fingerprint density at radius 2 is 2.08 bits per heavy atom. The second kappa shape index (κ2) is 8.01. The van der Waals surface area contributed by atoms with Gasteiger partial charge in [0.15, 0.2) is 0 Å². The third-order valence-electron chi connectivity index (χ3n) is 5.44. The van der Waals surface area contributed by atoms with E-state index in [4.69, 9.17) is 16.0 Å². The number of likely N-dealkylation sites (tertiary alicyclic amines) is 1. The highest BCUT2D eigenvalue weighted by Crippen LogP contribution is 2.36. The highest BCUT2D eigenvalue weighted by molar-refractivity contribution is 7.99. The lowest BCUT2D eigenvalue weighted by atomic mass is 9.75. The highest BCUT2D eigenvalue weighted by Gasteiger charge is 2.32. The van der Waals surface area contributed by atoms with Gasteiger partial charge in [-0.2, -0.15) is 0 Å². The molecular formula is C19H22ClN3O2S. The molecule has 2 fully saturated rings. The molecule has 1 aromatic heterocycles. The molecule has 0 N–H and O–H groups in total. The third kappa shape index (κ3) is 4.07. The zero-order chi connectivity index (χ0) is 17.9. The van der Waals surface area contributed by atoms with Gasteiger partial charge >= 0.3 is 0 Å². The topological polar surface area (TPSA) is 59.2 Å². The summed E-state index contributed by atoms with van der Waals surface area (Å²) in [6.45, 7) is 1.81. The van der Waals surface area contributed by atoms with E-state index in [1.807, 2.05) is 17.0 Å². The minimum absolute atomic E-state index is 0.168. The number of aromatic nitrogens is 2. The lowest BCUT2D eigenvalue weighted by molar-refractivity contribution is -0.131. The van der Waals surface area contributed by atoms with Gasteiger partial charge in [-0.3, -0.25) is 4.79 Å². The summed E-state index contributed by atoms with van der Waals surface area (Å²) < 4.78 is 5.66. The van der Waals surface area contributed by atoms with E-state index in [0.717, 1.165) is 31.0 Å². The van der Waals surface area contributed by atoms with Crippen molar-refractivity contribution in [3.63, 3.8) is 0 Å². The van der Waals surface area contributed by atoms with Crippen LogP contribution < -0.4 is 0 Å². The van der Waals surface area contributed by atoms with Crippen molar-refractivity contribution in [2.45, 2.75) is 37.3 Å². The fourth-order valence-electron chi connectivity index (χ4n) is 4.05. The van der Waals surface area contributed by atoms with E-state index in [0.29, 0.717) is 27.8 Å². The first-order valence-corrected chi connectivity index (χ1v) is 10.6. The molecule has 26 heavy (non-hydrogen) atoms. The minimum atomic E-state index is 0.168. The first kappa shape index (κ1) is 17.9. The average molecular weight is 392 g/mol. The summed E-state index contributed by atoms with van der Waals surface area (Å²) in [5.41, 5.74) is 0.780. The van der Waals surface area contributed by atoms with Gasteiger partial charge in [-0.15, -0.1) is 10.2 Å². The molecular weight excluding hydrogens is 370 g/mol. The van der Waals surface area contributed by atoms with Crippen LogP contribution in [0.2, 0.25) is 5.02 Å². The van der Waals surface area contributed by atoms with Crippen LogP contribution in [0, 0.1) is 11.8 Å². The van der Waals surface area contributed by atoms with Crippen molar-refractivity contribution in [1.82, 2.24) is 15.1 Å². The molecule has 2 atom stereocenters. The van der Waals surface area contributed by atoms with Gasteiger partial charge in [0, 0.05) is 23.7 Å². The molecule has 5 nitrogen and oxygen atoms in total. The zero-order valence-electron chi connectivity index (χ0n) is 14.6. The van der Waals surface area contributed by atoms with Crippen LogP contribution in [0.25, 0.3) is 11.5 Å². The lowest BCUT2D eigenvalue weighted by Crippen LogP contribution is -2.45. The fraction of sp³-hybridized carbons (Fsp3) is 0.526. The molecule has 1 saturated heterocycles. The van der Waals surface area contributed by atoms with Crippen molar-refractivity contribution < 1.29 is 9.21 Å². The summed E-state index contributed by atoms with van der Waals surface area (Å²) in [6, 6.07) is 7.29. The standard InChI is InChI=1S/C19H22ClN3O2S/c20-16-7-3-6-14(10-16)18-21-22-19(25-18)26-12-17(24)23-9-8-13-4-1-2-5-15(13)11-23/h3,6-7,10,13,15H,1-2,4-5,8-9,11-12H2/t13-,15+/m0/s1. The smallest absolute Gasteiger partial charge is 0.277 e. The number of thioether (sulfide) groups is 1. The van der Waals surface area contributed by atoms with Crippen LogP contribution >= 0.6 is 23.4 Å². The number of benzene rings is 1. The first-order chi connectivity index (χ1) is 12.7. The molecule has 2 heterocycles. The molecule has 1 amide bonds. The van der Waals surface area contributed by atoms with E-state index in [2.05, 4.69) is 10.2 Å². The molecule has 1 aliphatic heterocycles. The van der Waals surface area contributed by atoms with Gasteiger partial charge in [-0.05, 0) is 42.9 Å². The van der Waals surface area contributed by atoms with Crippen molar-refractivity contribution in [3.8, 4) is 11.5 Å². The van der Waals surface area contributed by atoms with Crippen LogP contribution in [-0.2, 0) is 4.79 Å². The van der Waals surface area contributed by atoms with E-state index in [1.165, 1.54) is 37.4 Å². The summed E-state index contributed by atoms with van der Waals surface area (Å²) in [7, 11) is 0. The fourth-order valence-corrected chi connectivity index (χ4v) is 4.90. The Hall–Kier alpha value is -1.53. The van der Waals surface area contributed by atoms with Crippen LogP contribution in [0.4, 0.5) is 0 Å². The van der Waals surface area contributed by atoms with Crippen LogP contribution in [0.15, 0.2) is 33.9 Å². The second-order valence-corrected chi connectivity index (χ2v) is 8.47. The molecule has 0 spiro atoms. The van der Waals surface area contributed by atoms with E-state index in [9.17, 15) is 4.79 Å². The van der Waals surface area contributed by atoms with Gasteiger partial charge in [0.25, 0.3) is 5.22 Å². The predicted octanol–water partition coefficient (Wildman–Crippen LogP) is 4.52. The first-order valence-electron chi connectivity index (χ1n) is 9.19. The highest BCUT2D eigenvalue weighted by atomic mass is 35.5. The molecule has 2 aliphatic rings. The maximum Gasteiger partial charge on any atom is 0.277 e. The number of fused-ring (bicyclic) bond motifs is 1. The molecule has 4 rings (SSSR count). The molecule has 0 bridgehead atoms. The van der Waals surface area contributed by atoms with Gasteiger partial charge in [0.1, 0.15) is 0 Å². The van der Waals surface area contributed by atoms with Crippen LogP contribution in [0.5, 0.6) is 0 Å².